The monoisotopic (exact) mass is 254 g/mol. The van der Waals surface area contributed by atoms with Gasteiger partial charge in [0.2, 0.25) is 0 Å². The van der Waals surface area contributed by atoms with Gasteiger partial charge in [-0.25, -0.2) is 0 Å². The Kier molecular flexibility index (Phi) is 5.46. The molecule has 2 aliphatic rings. The molecule has 2 fully saturated rings. The van der Waals surface area contributed by atoms with Crippen LogP contribution in [0.3, 0.4) is 0 Å². The molecule has 0 radical (unpaired) electrons. The summed E-state index contributed by atoms with van der Waals surface area (Å²) in [6.45, 7) is 3.54. The van der Waals surface area contributed by atoms with E-state index in [0.29, 0.717) is 12.0 Å². The van der Waals surface area contributed by atoms with Crippen molar-refractivity contribution in [2.24, 2.45) is 5.92 Å². The van der Waals surface area contributed by atoms with Gasteiger partial charge in [-0.05, 0) is 52.2 Å². The molecule has 18 heavy (non-hydrogen) atoms. The zero-order chi connectivity index (χ0) is 13.0. The smallest absolute Gasteiger partial charge is 0.0580 e. The molecule has 3 atom stereocenters. The van der Waals surface area contributed by atoms with Gasteiger partial charge in [0, 0.05) is 19.1 Å². The first-order valence-electron chi connectivity index (χ1n) is 7.73. The van der Waals surface area contributed by atoms with Crippen LogP contribution in [0.1, 0.15) is 44.9 Å². The summed E-state index contributed by atoms with van der Waals surface area (Å²) >= 11 is 0. The molecule has 1 N–H and O–H groups in total. The van der Waals surface area contributed by atoms with Crippen LogP contribution in [0.4, 0.5) is 0 Å². The molecule has 0 amide bonds. The van der Waals surface area contributed by atoms with Crippen molar-refractivity contribution >= 4 is 0 Å². The highest BCUT2D eigenvalue weighted by Gasteiger charge is 2.27. The van der Waals surface area contributed by atoms with E-state index in [2.05, 4.69) is 23.9 Å². The van der Waals surface area contributed by atoms with E-state index in [4.69, 9.17) is 0 Å². The first-order valence-corrected chi connectivity index (χ1v) is 7.73. The van der Waals surface area contributed by atoms with Crippen LogP contribution in [0.25, 0.3) is 0 Å². The second-order valence-corrected chi connectivity index (χ2v) is 6.48. The van der Waals surface area contributed by atoms with E-state index >= 15 is 0 Å². The van der Waals surface area contributed by atoms with Gasteiger partial charge in [-0.3, -0.25) is 0 Å². The molecule has 0 spiro atoms. The molecule has 106 valence electrons. The average molecular weight is 254 g/mol. The average Bonchev–Trinajstić information content (AvgIpc) is 2.55. The number of aliphatic hydroxyl groups excluding tert-OH is 1. The number of hydrogen-bond donors (Lipinski definition) is 1. The summed E-state index contributed by atoms with van der Waals surface area (Å²) in [6, 6.07) is 0.710. The molecule has 0 aromatic rings. The van der Waals surface area contributed by atoms with Crippen molar-refractivity contribution in [2.45, 2.75) is 57.1 Å². The van der Waals surface area contributed by atoms with Crippen molar-refractivity contribution in [3.63, 3.8) is 0 Å². The van der Waals surface area contributed by atoms with Crippen LogP contribution in [-0.2, 0) is 0 Å². The van der Waals surface area contributed by atoms with Crippen LogP contribution in [0.2, 0.25) is 0 Å². The van der Waals surface area contributed by atoms with E-state index in [1.807, 2.05) is 0 Å². The highest BCUT2D eigenvalue weighted by atomic mass is 16.3. The molecule has 0 bridgehead atoms. The zero-order valence-corrected chi connectivity index (χ0v) is 12.1. The van der Waals surface area contributed by atoms with Gasteiger partial charge in [0.25, 0.3) is 0 Å². The molecule has 1 heterocycles. The lowest BCUT2D eigenvalue weighted by Gasteiger charge is -2.38. The number of rotatable bonds is 3. The second kappa shape index (κ2) is 6.88. The molecule has 2 rings (SSSR count). The first-order chi connectivity index (χ1) is 8.66. The summed E-state index contributed by atoms with van der Waals surface area (Å²) in [4.78, 5) is 4.95. The quantitative estimate of drug-likeness (QED) is 0.780. The number of aliphatic hydroxyl groups is 1. The van der Waals surface area contributed by atoms with Gasteiger partial charge in [-0.2, -0.15) is 0 Å². The molecule has 0 aromatic carbocycles. The fourth-order valence-electron chi connectivity index (χ4n) is 3.53. The lowest BCUT2D eigenvalue weighted by atomic mass is 9.95. The van der Waals surface area contributed by atoms with Crippen molar-refractivity contribution < 1.29 is 5.11 Å². The largest absolute Gasteiger partial charge is 0.393 e. The summed E-state index contributed by atoms with van der Waals surface area (Å²) < 4.78 is 0. The lowest BCUT2D eigenvalue weighted by Crippen LogP contribution is -2.47. The second-order valence-electron chi connectivity index (χ2n) is 6.48. The molecule has 3 nitrogen and oxygen atoms in total. The van der Waals surface area contributed by atoms with Crippen LogP contribution in [-0.4, -0.2) is 60.8 Å². The Labute approximate surface area is 112 Å². The summed E-state index contributed by atoms with van der Waals surface area (Å²) in [5, 5.41) is 10.2. The fourth-order valence-corrected chi connectivity index (χ4v) is 3.53. The van der Waals surface area contributed by atoms with Crippen LogP contribution in [0.15, 0.2) is 0 Å². The predicted molar refractivity (Wildman–Crippen MR) is 75.7 cm³/mol. The number of nitrogens with zero attached hydrogens (tertiary/aromatic N) is 2. The highest BCUT2D eigenvalue weighted by Crippen LogP contribution is 2.25. The number of likely N-dealkylation sites (tertiary alicyclic amines) is 1. The molecule has 1 saturated carbocycles. The Morgan fingerprint density at radius 2 is 1.83 bits per heavy atom. The van der Waals surface area contributed by atoms with E-state index in [1.54, 1.807) is 0 Å². The first kappa shape index (κ1) is 14.3. The summed E-state index contributed by atoms with van der Waals surface area (Å²) in [5.74, 6) is 0.522. The molecule has 0 aromatic heterocycles. The normalized spacial score (nSPS) is 35.7. The Morgan fingerprint density at radius 1 is 1.06 bits per heavy atom. The van der Waals surface area contributed by atoms with E-state index < -0.39 is 0 Å². The third kappa shape index (κ3) is 3.94. The van der Waals surface area contributed by atoms with Crippen molar-refractivity contribution in [1.82, 2.24) is 9.80 Å². The van der Waals surface area contributed by atoms with Gasteiger partial charge in [-0.15, -0.1) is 0 Å². The molecule has 1 aliphatic carbocycles. The van der Waals surface area contributed by atoms with Gasteiger partial charge in [0.15, 0.2) is 0 Å². The zero-order valence-electron chi connectivity index (χ0n) is 12.1. The maximum atomic E-state index is 10.2. The topological polar surface area (TPSA) is 26.7 Å². The number of likely N-dealkylation sites (N-methyl/N-ethyl adjacent to an activating group) is 1. The van der Waals surface area contributed by atoms with E-state index in [0.717, 1.165) is 13.0 Å². The predicted octanol–water partition coefficient (Wildman–Crippen LogP) is 1.95. The number of hydrogen-bond acceptors (Lipinski definition) is 3. The van der Waals surface area contributed by atoms with Crippen LogP contribution < -0.4 is 0 Å². The number of piperidine rings is 1. The minimum atomic E-state index is -0.0489. The van der Waals surface area contributed by atoms with E-state index in [9.17, 15) is 5.11 Å². The summed E-state index contributed by atoms with van der Waals surface area (Å²) in [6.07, 6.45) is 8.69. The molecule has 1 aliphatic heterocycles. The maximum Gasteiger partial charge on any atom is 0.0580 e. The van der Waals surface area contributed by atoms with Gasteiger partial charge in [-0.1, -0.05) is 19.3 Å². The van der Waals surface area contributed by atoms with Crippen LogP contribution in [0.5, 0.6) is 0 Å². The molecular formula is C15H30N2O. The Balaban J connectivity index is 1.83. The van der Waals surface area contributed by atoms with Crippen molar-refractivity contribution in [2.75, 3.05) is 33.7 Å². The van der Waals surface area contributed by atoms with Gasteiger partial charge < -0.3 is 14.9 Å². The van der Waals surface area contributed by atoms with E-state index in [-0.39, 0.29) is 6.10 Å². The Hall–Kier alpha value is -0.120. The van der Waals surface area contributed by atoms with Crippen LogP contribution in [0, 0.1) is 5.92 Å². The van der Waals surface area contributed by atoms with Crippen molar-refractivity contribution in [3.8, 4) is 0 Å². The minimum Gasteiger partial charge on any atom is -0.393 e. The molecular weight excluding hydrogens is 224 g/mol. The third-order valence-electron chi connectivity index (χ3n) is 4.82. The van der Waals surface area contributed by atoms with Gasteiger partial charge in [0.1, 0.15) is 0 Å². The minimum absolute atomic E-state index is 0.0489. The van der Waals surface area contributed by atoms with Gasteiger partial charge >= 0.3 is 0 Å². The van der Waals surface area contributed by atoms with Crippen molar-refractivity contribution in [1.29, 1.82) is 0 Å². The van der Waals surface area contributed by atoms with E-state index in [1.165, 1.54) is 51.6 Å². The lowest BCUT2D eigenvalue weighted by molar-refractivity contribution is 0.0535. The van der Waals surface area contributed by atoms with Crippen molar-refractivity contribution in [3.05, 3.63) is 0 Å². The molecule has 3 unspecified atom stereocenters. The Bertz CT molecular complexity index is 245. The highest BCUT2D eigenvalue weighted by molar-refractivity contribution is 4.82. The fraction of sp³-hybridized carbons (Fsp3) is 1.00. The SMILES string of the molecule is CN(C)C1CCCN(CC2CCCCCC2O)C1. The standard InChI is InChI=1S/C15H30N2O/c1-16(2)14-8-6-10-17(12-14)11-13-7-4-3-5-9-15(13)18/h13-15,18H,3-12H2,1-2H3. The molecule has 3 heteroatoms. The summed E-state index contributed by atoms with van der Waals surface area (Å²) in [7, 11) is 4.38. The Morgan fingerprint density at radius 3 is 2.61 bits per heavy atom. The summed E-state index contributed by atoms with van der Waals surface area (Å²) in [5.41, 5.74) is 0. The van der Waals surface area contributed by atoms with Gasteiger partial charge in [0.05, 0.1) is 6.10 Å². The van der Waals surface area contributed by atoms with Crippen LogP contribution >= 0.6 is 0 Å². The molecule has 1 saturated heterocycles. The third-order valence-corrected chi connectivity index (χ3v) is 4.82. The maximum absolute atomic E-state index is 10.2.